The zero-order valence-corrected chi connectivity index (χ0v) is 24.4. The van der Waals surface area contributed by atoms with Crippen molar-refractivity contribution < 1.29 is 29.0 Å². The van der Waals surface area contributed by atoms with Crippen LogP contribution in [0.1, 0.15) is 96.2 Å². The monoisotopic (exact) mass is 575 g/mol. The Morgan fingerprint density at radius 1 is 1.15 bits per heavy atom. The average molecular weight is 576 g/mol. The van der Waals surface area contributed by atoms with Crippen LogP contribution in [0.5, 0.6) is 0 Å². The number of rotatable bonds is 10. The molecule has 1 aromatic rings. The van der Waals surface area contributed by atoms with Gasteiger partial charge in [-0.3, -0.25) is 19.2 Å². The van der Waals surface area contributed by atoms with Gasteiger partial charge in [-0.15, -0.1) is 5.10 Å². The van der Waals surface area contributed by atoms with Crippen LogP contribution in [-0.2, 0) is 29.5 Å². The molecular formula is C28H45N7O6. The number of hydrogen-bond acceptors (Lipinski definition) is 9. The Bertz CT molecular complexity index is 1120. The Labute approximate surface area is 240 Å². The summed E-state index contributed by atoms with van der Waals surface area (Å²) in [4.78, 5) is 54.4. The summed E-state index contributed by atoms with van der Waals surface area (Å²) in [6, 6.07) is -2.68. The van der Waals surface area contributed by atoms with Crippen LogP contribution in [0.15, 0.2) is 6.20 Å². The Morgan fingerprint density at radius 2 is 1.78 bits per heavy atom. The summed E-state index contributed by atoms with van der Waals surface area (Å²) in [6.07, 6.45) is 9.15. The largest absolute Gasteiger partial charge is 0.384 e. The standard InChI is InChI=1S/C28H45N7O6/c1-27(2,40)20-15-31-33-35(20)19-16-34(26(39)18(29)14-17-10-6-4-7-11-17)21(22(19)41-3)25(38)32-28(23(36)24(30)37)12-8-5-9-13-28/h15,17-19,21-22,40H,4-14,16,29H2,1-3H3,(H2,30,37)(H,32,38)/t18-,19-,21+,22+/m1/s1. The number of ketones is 1. The Kier molecular flexibility index (Phi) is 9.49. The molecule has 0 spiro atoms. The predicted octanol–water partition coefficient (Wildman–Crippen LogP) is 0.444. The third-order valence-electron chi connectivity index (χ3n) is 9.11. The van der Waals surface area contributed by atoms with Gasteiger partial charge in [-0.25, -0.2) is 4.68 Å². The zero-order valence-electron chi connectivity index (χ0n) is 24.4. The highest BCUT2D eigenvalue weighted by Crippen LogP contribution is 2.36. The molecule has 0 unspecified atom stereocenters. The lowest BCUT2D eigenvalue weighted by Crippen LogP contribution is -2.64. The minimum Gasteiger partial charge on any atom is -0.384 e. The van der Waals surface area contributed by atoms with Crippen LogP contribution >= 0.6 is 0 Å². The third kappa shape index (κ3) is 6.46. The molecular weight excluding hydrogens is 530 g/mol. The van der Waals surface area contributed by atoms with Crippen molar-refractivity contribution in [3.63, 3.8) is 0 Å². The number of aromatic nitrogens is 3. The summed E-state index contributed by atoms with van der Waals surface area (Å²) in [5.41, 5.74) is 9.51. The van der Waals surface area contributed by atoms with Gasteiger partial charge >= 0.3 is 0 Å². The Hall–Kier alpha value is -2.90. The molecule has 4 rings (SSSR count). The van der Waals surface area contributed by atoms with Crippen molar-refractivity contribution >= 4 is 23.5 Å². The van der Waals surface area contributed by atoms with Crippen molar-refractivity contribution in [1.82, 2.24) is 25.2 Å². The lowest BCUT2D eigenvalue weighted by atomic mass is 9.78. The van der Waals surface area contributed by atoms with Crippen molar-refractivity contribution in [2.24, 2.45) is 17.4 Å². The van der Waals surface area contributed by atoms with Crippen LogP contribution in [0, 0.1) is 5.92 Å². The summed E-state index contributed by atoms with van der Waals surface area (Å²) in [5.74, 6) is -2.65. The number of amides is 3. The van der Waals surface area contributed by atoms with E-state index < -0.39 is 58.9 Å². The molecule has 4 atom stereocenters. The van der Waals surface area contributed by atoms with Gasteiger partial charge in [-0.1, -0.05) is 56.6 Å². The Morgan fingerprint density at radius 3 is 2.37 bits per heavy atom. The summed E-state index contributed by atoms with van der Waals surface area (Å²) in [5, 5.41) is 21.8. The highest BCUT2D eigenvalue weighted by Gasteiger charge is 2.53. The van der Waals surface area contributed by atoms with Crippen LogP contribution < -0.4 is 16.8 Å². The lowest BCUT2D eigenvalue weighted by Gasteiger charge is -2.38. The van der Waals surface area contributed by atoms with E-state index in [0.717, 1.165) is 32.1 Å². The number of nitrogens with two attached hydrogens (primary N) is 2. The number of primary amides is 1. The van der Waals surface area contributed by atoms with Crippen LogP contribution in [0.2, 0.25) is 0 Å². The number of hydrogen-bond donors (Lipinski definition) is 4. The molecule has 2 saturated carbocycles. The van der Waals surface area contributed by atoms with Gasteiger partial charge in [-0.05, 0) is 39.0 Å². The highest BCUT2D eigenvalue weighted by atomic mass is 16.5. The number of methoxy groups -OCH3 is 1. The first kappa shape index (κ1) is 31.0. The third-order valence-corrected chi connectivity index (χ3v) is 9.11. The topological polar surface area (TPSA) is 196 Å². The molecule has 228 valence electrons. The molecule has 3 amide bonds. The summed E-state index contributed by atoms with van der Waals surface area (Å²) in [7, 11) is 1.43. The second kappa shape index (κ2) is 12.5. The van der Waals surface area contributed by atoms with Gasteiger partial charge in [0.25, 0.3) is 5.91 Å². The van der Waals surface area contributed by atoms with Crippen molar-refractivity contribution in [3.05, 3.63) is 11.9 Å². The lowest BCUT2D eigenvalue weighted by molar-refractivity contribution is -0.147. The molecule has 13 nitrogen and oxygen atoms in total. The number of carbonyl (C=O) groups is 4. The van der Waals surface area contributed by atoms with Gasteiger partial charge in [0.15, 0.2) is 0 Å². The molecule has 41 heavy (non-hydrogen) atoms. The maximum absolute atomic E-state index is 14.1. The Balaban J connectivity index is 1.68. The number of nitrogens with one attached hydrogen (secondary N) is 1. The van der Waals surface area contributed by atoms with E-state index in [1.165, 1.54) is 29.3 Å². The first-order valence-electron chi connectivity index (χ1n) is 14.8. The molecule has 2 heterocycles. The SMILES string of the molecule is CO[C@@H]1[C@@H](C(=O)NC2(C(=O)C(N)=O)CCCCC2)N(C(=O)[C@H](N)CC2CCCCC2)C[C@H]1n1nncc1C(C)(C)O. The molecule has 13 heteroatoms. The van der Waals surface area contributed by atoms with Crippen molar-refractivity contribution in [2.45, 2.75) is 120 Å². The van der Waals surface area contributed by atoms with Crippen LogP contribution in [0.4, 0.5) is 0 Å². The molecule has 1 aliphatic heterocycles. The number of Topliss-reactive ketones (excluding diaryl/α,β-unsaturated/α-hetero) is 1. The van der Waals surface area contributed by atoms with E-state index in [1.54, 1.807) is 13.8 Å². The molecule has 3 fully saturated rings. The fourth-order valence-corrected chi connectivity index (χ4v) is 6.96. The fourth-order valence-electron chi connectivity index (χ4n) is 6.96. The predicted molar refractivity (Wildman–Crippen MR) is 148 cm³/mol. The minimum atomic E-state index is -1.44. The van der Waals surface area contributed by atoms with Crippen LogP contribution in [-0.4, -0.2) is 85.9 Å². The van der Waals surface area contributed by atoms with Crippen molar-refractivity contribution in [2.75, 3.05) is 13.7 Å². The summed E-state index contributed by atoms with van der Waals surface area (Å²) >= 11 is 0. The molecule has 0 radical (unpaired) electrons. The van der Waals surface area contributed by atoms with E-state index in [-0.39, 0.29) is 19.4 Å². The van der Waals surface area contributed by atoms with E-state index in [9.17, 15) is 24.3 Å². The number of carbonyl (C=O) groups excluding carboxylic acids is 4. The average Bonchev–Trinajstić information content (AvgIpc) is 3.58. The molecule has 3 aliphatic rings. The fraction of sp³-hybridized carbons (Fsp3) is 0.786. The van der Waals surface area contributed by atoms with E-state index >= 15 is 0 Å². The minimum absolute atomic E-state index is 0.0248. The number of ether oxygens (including phenoxy) is 1. The van der Waals surface area contributed by atoms with Gasteiger partial charge in [0, 0.05) is 13.7 Å². The van der Waals surface area contributed by atoms with E-state index in [1.807, 2.05) is 0 Å². The first-order valence-corrected chi connectivity index (χ1v) is 14.8. The molecule has 6 N–H and O–H groups in total. The normalized spacial score (nSPS) is 26.0. The van der Waals surface area contributed by atoms with Gasteiger partial charge in [0.2, 0.25) is 17.6 Å². The molecule has 1 saturated heterocycles. The highest BCUT2D eigenvalue weighted by molar-refractivity contribution is 6.39. The molecule has 1 aromatic heterocycles. The van der Waals surface area contributed by atoms with Gasteiger partial charge in [0.05, 0.1) is 17.9 Å². The number of nitrogens with zero attached hydrogens (tertiary/aromatic N) is 4. The quantitative estimate of drug-likeness (QED) is 0.286. The maximum atomic E-state index is 14.1. The molecule has 2 aliphatic carbocycles. The van der Waals surface area contributed by atoms with Crippen molar-refractivity contribution in [3.8, 4) is 0 Å². The molecule has 0 aromatic carbocycles. The second-order valence-electron chi connectivity index (χ2n) is 12.5. The molecule has 0 bridgehead atoms. The second-order valence-corrected chi connectivity index (χ2v) is 12.5. The van der Waals surface area contributed by atoms with E-state index in [0.29, 0.717) is 30.9 Å². The maximum Gasteiger partial charge on any atom is 0.287 e. The smallest absolute Gasteiger partial charge is 0.287 e. The van der Waals surface area contributed by atoms with E-state index in [2.05, 4.69) is 15.6 Å². The summed E-state index contributed by atoms with van der Waals surface area (Å²) in [6.45, 7) is 3.21. The van der Waals surface area contributed by atoms with Crippen molar-refractivity contribution in [1.29, 1.82) is 0 Å². The first-order chi connectivity index (χ1) is 19.4. The zero-order chi connectivity index (χ0) is 29.9. The van der Waals surface area contributed by atoms with Crippen LogP contribution in [0.3, 0.4) is 0 Å². The van der Waals surface area contributed by atoms with Crippen LogP contribution in [0.25, 0.3) is 0 Å². The number of aliphatic hydroxyl groups is 1. The van der Waals surface area contributed by atoms with E-state index in [4.69, 9.17) is 16.2 Å². The van der Waals surface area contributed by atoms with Gasteiger partial charge < -0.3 is 31.5 Å². The van der Waals surface area contributed by atoms with Gasteiger partial charge in [0.1, 0.15) is 29.3 Å². The summed E-state index contributed by atoms with van der Waals surface area (Å²) < 4.78 is 7.33. The van der Waals surface area contributed by atoms with Gasteiger partial charge in [-0.2, -0.15) is 0 Å². The number of likely N-dealkylation sites (tertiary alicyclic amines) is 1.